The van der Waals surface area contributed by atoms with Crippen LogP contribution in [0.1, 0.15) is 24.2 Å². The third-order valence-electron chi connectivity index (χ3n) is 5.84. The number of likely N-dealkylation sites (tertiary alicyclic amines) is 1. The largest absolute Gasteiger partial charge is 0.418 e. The molecule has 0 saturated carbocycles. The SMILES string of the molecule is CN1CCC(CNc2ccc(-c3nc(C#N)nc4c3ccn4C)cc2C(F)(F)F)CC1. The fourth-order valence-electron chi connectivity index (χ4n) is 4.01. The van der Waals surface area contributed by atoms with Gasteiger partial charge in [0.2, 0.25) is 5.82 Å². The van der Waals surface area contributed by atoms with Crippen molar-refractivity contribution in [2.45, 2.75) is 19.0 Å². The van der Waals surface area contributed by atoms with E-state index in [4.69, 9.17) is 0 Å². The van der Waals surface area contributed by atoms with E-state index in [1.54, 1.807) is 29.9 Å². The highest BCUT2D eigenvalue weighted by Gasteiger charge is 2.34. The van der Waals surface area contributed by atoms with Gasteiger partial charge in [0, 0.05) is 36.4 Å². The molecule has 31 heavy (non-hydrogen) atoms. The van der Waals surface area contributed by atoms with Crippen LogP contribution < -0.4 is 5.32 Å². The molecular formula is C22H23F3N6. The first-order valence-electron chi connectivity index (χ1n) is 10.1. The van der Waals surface area contributed by atoms with Gasteiger partial charge in [-0.05, 0) is 57.1 Å². The highest BCUT2D eigenvalue weighted by atomic mass is 19.4. The van der Waals surface area contributed by atoms with Crippen LogP contribution in [-0.2, 0) is 13.2 Å². The Hall–Kier alpha value is -3.12. The summed E-state index contributed by atoms with van der Waals surface area (Å²) in [5.41, 5.74) is 0.439. The molecule has 9 heteroatoms. The number of aromatic nitrogens is 3. The van der Waals surface area contributed by atoms with E-state index >= 15 is 0 Å². The Bertz CT molecular complexity index is 1140. The summed E-state index contributed by atoms with van der Waals surface area (Å²) >= 11 is 0. The molecule has 0 unspecified atom stereocenters. The normalized spacial score (nSPS) is 15.9. The Kier molecular flexibility index (Phi) is 5.58. The van der Waals surface area contributed by atoms with E-state index in [9.17, 15) is 18.4 Å². The zero-order valence-corrected chi connectivity index (χ0v) is 17.4. The minimum absolute atomic E-state index is 0.0639. The number of anilines is 1. The Balaban J connectivity index is 1.70. The molecule has 4 rings (SSSR count). The zero-order valence-electron chi connectivity index (χ0n) is 17.4. The molecule has 0 spiro atoms. The van der Waals surface area contributed by atoms with E-state index in [1.807, 2.05) is 6.07 Å². The maximum atomic E-state index is 13.9. The molecule has 1 aliphatic heterocycles. The van der Waals surface area contributed by atoms with E-state index in [0.717, 1.165) is 32.0 Å². The quantitative estimate of drug-likeness (QED) is 0.672. The second kappa shape index (κ2) is 8.19. The number of aryl methyl sites for hydroxylation is 1. The van der Waals surface area contributed by atoms with Crippen molar-refractivity contribution in [1.82, 2.24) is 19.4 Å². The van der Waals surface area contributed by atoms with E-state index in [2.05, 4.69) is 27.2 Å². The molecule has 1 aromatic carbocycles. The van der Waals surface area contributed by atoms with E-state index in [0.29, 0.717) is 34.8 Å². The number of benzene rings is 1. The van der Waals surface area contributed by atoms with Crippen LogP contribution in [0.25, 0.3) is 22.3 Å². The molecule has 1 saturated heterocycles. The second-order valence-corrected chi connectivity index (χ2v) is 8.06. The molecule has 0 amide bonds. The number of nitrogens with zero attached hydrogens (tertiary/aromatic N) is 5. The van der Waals surface area contributed by atoms with Gasteiger partial charge in [-0.3, -0.25) is 0 Å². The van der Waals surface area contributed by atoms with Gasteiger partial charge in [-0.15, -0.1) is 0 Å². The summed E-state index contributed by atoms with van der Waals surface area (Å²) in [6, 6.07) is 7.80. The highest BCUT2D eigenvalue weighted by molar-refractivity contribution is 5.91. The molecule has 0 radical (unpaired) electrons. The monoisotopic (exact) mass is 428 g/mol. The Morgan fingerprint density at radius 1 is 1.16 bits per heavy atom. The van der Waals surface area contributed by atoms with Crippen molar-refractivity contribution in [2.24, 2.45) is 13.0 Å². The van der Waals surface area contributed by atoms with E-state index in [1.165, 1.54) is 6.07 Å². The van der Waals surface area contributed by atoms with Crippen LogP contribution in [0.2, 0.25) is 0 Å². The van der Waals surface area contributed by atoms with Gasteiger partial charge in [0.25, 0.3) is 0 Å². The minimum Gasteiger partial charge on any atom is -0.384 e. The van der Waals surface area contributed by atoms with Gasteiger partial charge >= 0.3 is 6.18 Å². The van der Waals surface area contributed by atoms with Gasteiger partial charge in [0.1, 0.15) is 11.7 Å². The van der Waals surface area contributed by atoms with Crippen molar-refractivity contribution < 1.29 is 13.2 Å². The predicted octanol–water partition coefficient (Wildman–Crippen LogP) is 4.28. The van der Waals surface area contributed by atoms with Crippen molar-refractivity contribution in [2.75, 3.05) is 32.0 Å². The molecule has 1 fully saturated rings. The molecule has 6 nitrogen and oxygen atoms in total. The average molecular weight is 428 g/mol. The number of piperidine rings is 1. The molecule has 0 aliphatic carbocycles. The lowest BCUT2D eigenvalue weighted by atomic mass is 9.96. The number of halogens is 3. The minimum atomic E-state index is -4.52. The maximum absolute atomic E-state index is 13.9. The number of nitriles is 1. The van der Waals surface area contributed by atoms with Crippen molar-refractivity contribution in [3.63, 3.8) is 0 Å². The van der Waals surface area contributed by atoms with Crippen LogP contribution in [0.15, 0.2) is 30.5 Å². The first kappa shape index (κ1) is 21.1. The Labute approximate surface area is 178 Å². The van der Waals surface area contributed by atoms with Gasteiger partial charge in [0.15, 0.2) is 0 Å². The topological polar surface area (TPSA) is 69.8 Å². The van der Waals surface area contributed by atoms with Gasteiger partial charge < -0.3 is 14.8 Å². The summed E-state index contributed by atoms with van der Waals surface area (Å²) in [6.07, 6.45) is -0.849. The van der Waals surface area contributed by atoms with Gasteiger partial charge in [-0.1, -0.05) is 6.07 Å². The fourth-order valence-corrected chi connectivity index (χ4v) is 4.01. The first-order valence-corrected chi connectivity index (χ1v) is 10.1. The van der Waals surface area contributed by atoms with E-state index < -0.39 is 11.7 Å². The highest BCUT2D eigenvalue weighted by Crippen LogP contribution is 2.38. The lowest BCUT2D eigenvalue weighted by Crippen LogP contribution is -2.33. The van der Waals surface area contributed by atoms with Gasteiger partial charge in [0.05, 0.1) is 11.3 Å². The average Bonchev–Trinajstić information content (AvgIpc) is 3.12. The second-order valence-electron chi connectivity index (χ2n) is 8.06. The summed E-state index contributed by atoms with van der Waals surface area (Å²) in [5.74, 6) is 0.267. The lowest BCUT2D eigenvalue weighted by Gasteiger charge is -2.29. The van der Waals surface area contributed by atoms with Crippen LogP contribution in [0, 0.1) is 17.2 Å². The van der Waals surface area contributed by atoms with Crippen LogP contribution in [0.5, 0.6) is 0 Å². The molecule has 2 aromatic heterocycles. The first-order chi connectivity index (χ1) is 14.8. The third kappa shape index (κ3) is 4.35. The van der Waals surface area contributed by atoms with Gasteiger partial charge in [-0.25, -0.2) is 9.97 Å². The molecule has 1 aliphatic rings. The molecule has 162 valence electrons. The standard InChI is InChI=1S/C22H23F3N6/c1-30-8-5-14(6-9-30)13-27-18-4-3-15(11-17(18)22(23,24)25)20-16-7-10-31(2)21(16)29-19(12-26)28-20/h3-4,7,10-11,14,27H,5-6,8-9,13H2,1-2H3. The number of hydrogen-bond donors (Lipinski definition) is 1. The summed E-state index contributed by atoms with van der Waals surface area (Å²) in [6.45, 7) is 2.42. The predicted molar refractivity (Wildman–Crippen MR) is 112 cm³/mol. The lowest BCUT2D eigenvalue weighted by molar-refractivity contribution is -0.136. The van der Waals surface area contributed by atoms with Gasteiger partial charge in [-0.2, -0.15) is 18.4 Å². The van der Waals surface area contributed by atoms with Crippen LogP contribution >= 0.6 is 0 Å². The summed E-state index contributed by atoms with van der Waals surface area (Å²) in [7, 11) is 3.82. The molecule has 1 N–H and O–H groups in total. The number of nitrogens with one attached hydrogen (secondary N) is 1. The van der Waals surface area contributed by atoms with Crippen molar-refractivity contribution in [1.29, 1.82) is 5.26 Å². The van der Waals surface area contributed by atoms with Crippen LogP contribution in [-0.4, -0.2) is 46.1 Å². The summed E-state index contributed by atoms with van der Waals surface area (Å²) in [4.78, 5) is 10.6. The molecule has 0 atom stereocenters. The number of fused-ring (bicyclic) bond motifs is 1. The van der Waals surface area contributed by atoms with Crippen LogP contribution in [0.4, 0.5) is 18.9 Å². The smallest absolute Gasteiger partial charge is 0.384 e. The number of hydrogen-bond acceptors (Lipinski definition) is 5. The Morgan fingerprint density at radius 3 is 2.58 bits per heavy atom. The van der Waals surface area contributed by atoms with Crippen LogP contribution in [0.3, 0.4) is 0 Å². The van der Waals surface area contributed by atoms with Crippen molar-refractivity contribution in [3.8, 4) is 17.3 Å². The molecule has 3 aromatic rings. The molecular weight excluding hydrogens is 405 g/mol. The zero-order chi connectivity index (χ0) is 22.2. The Morgan fingerprint density at radius 2 is 1.90 bits per heavy atom. The third-order valence-corrected chi connectivity index (χ3v) is 5.84. The number of rotatable bonds is 4. The van der Waals surface area contributed by atoms with Crippen molar-refractivity contribution in [3.05, 3.63) is 41.9 Å². The molecule has 0 bridgehead atoms. The fraction of sp³-hybridized carbons (Fsp3) is 0.409. The van der Waals surface area contributed by atoms with E-state index in [-0.39, 0.29) is 11.5 Å². The van der Waals surface area contributed by atoms with Crippen molar-refractivity contribution >= 4 is 16.7 Å². The maximum Gasteiger partial charge on any atom is 0.418 e. The number of alkyl halides is 3. The summed E-state index contributed by atoms with van der Waals surface area (Å²) in [5, 5.41) is 12.9. The molecule has 3 heterocycles. The summed E-state index contributed by atoms with van der Waals surface area (Å²) < 4.78 is 43.4.